The predicted octanol–water partition coefficient (Wildman–Crippen LogP) is -1.78. The first-order chi connectivity index (χ1) is 3.48. The number of nitrogens with zero attached hydrogens (tertiary/aromatic N) is 1. The van der Waals surface area contributed by atoms with Gasteiger partial charge >= 0.3 is 0 Å². The van der Waals surface area contributed by atoms with Gasteiger partial charge in [-0.05, 0) is 0 Å². The molecule has 48 valence electrons. The number of rotatable bonds is 0. The van der Waals surface area contributed by atoms with Crippen molar-refractivity contribution in [2.24, 2.45) is 16.7 Å². The summed E-state index contributed by atoms with van der Waals surface area (Å²) < 4.78 is 20.5. The molecule has 0 saturated heterocycles. The van der Waals surface area contributed by atoms with Gasteiger partial charge in [0.2, 0.25) is 15.0 Å². The molecule has 0 aromatic carbocycles. The fourth-order valence-corrected chi connectivity index (χ4v) is 0.287. The Morgan fingerprint density at radius 3 is 2.00 bits per heavy atom. The third kappa shape index (κ3) is 1.78. The van der Waals surface area contributed by atoms with Gasteiger partial charge in [0.25, 0.3) is 0 Å². The number of amidine groups is 1. The van der Waals surface area contributed by atoms with Crippen molar-refractivity contribution in [3.63, 3.8) is 0 Å². The minimum absolute atomic E-state index is 0.544. The zero-order valence-electron chi connectivity index (χ0n) is 4.33. The maximum atomic E-state index is 10.2. The largest absolute Gasteiger partial charge is 0.373 e. The molecule has 0 heterocycles. The molecular formula is C2H7N3O2S. The van der Waals surface area contributed by atoms with Crippen molar-refractivity contribution in [1.82, 2.24) is 0 Å². The molecule has 0 radical (unpaired) electrons. The molecule has 0 aromatic rings. The number of sulfone groups is 1. The topological polar surface area (TPSA) is 98.5 Å². The second-order valence-corrected chi connectivity index (χ2v) is 3.20. The zero-order chi connectivity index (χ0) is 6.78. The number of hydrogen-bond donors (Lipinski definition) is 2. The molecule has 0 aliphatic carbocycles. The van der Waals surface area contributed by atoms with Crippen LogP contribution in [0, 0.1) is 0 Å². The molecule has 0 saturated carbocycles. The summed E-state index contributed by atoms with van der Waals surface area (Å²) in [6, 6.07) is 0. The van der Waals surface area contributed by atoms with Crippen LogP contribution in [0.4, 0.5) is 0 Å². The van der Waals surface area contributed by atoms with Crippen LogP contribution in [0.15, 0.2) is 5.10 Å². The molecule has 5 nitrogen and oxygen atoms in total. The summed E-state index contributed by atoms with van der Waals surface area (Å²) in [5, 5.41) is 2.22. The van der Waals surface area contributed by atoms with Crippen molar-refractivity contribution in [2.45, 2.75) is 0 Å². The van der Waals surface area contributed by atoms with E-state index in [4.69, 9.17) is 5.73 Å². The summed E-state index contributed by atoms with van der Waals surface area (Å²) in [6.45, 7) is 0. The van der Waals surface area contributed by atoms with Gasteiger partial charge in [-0.25, -0.2) is 8.42 Å². The normalized spacial score (nSPS) is 13.9. The van der Waals surface area contributed by atoms with Gasteiger partial charge in [-0.3, -0.25) is 0 Å². The smallest absolute Gasteiger partial charge is 0.235 e. The maximum absolute atomic E-state index is 10.2. The van der Waals surface area contributed by atoms with E-state index in [-0.39, 0.29) is 0 Å². The SMILES string of the molecule is CS(=O)(=O)/C(N)=N/N. The van der Waals surface area contributed by atoms with Gasteiger partial charge in [-0.2, -0.15) is 5.10 Å². The molecular weight excluding hydrogens is 130 g/mol. The lowest BCUT2D eigenvalue weighted by Gasteiger charge is -1.89. The van der Waals surface area contributed by atoms with Crippen LogP contribution < -0.4 is 11.6 Å². The molecule has 0 amide bonds. The number of nitrogens with two attached hydrogens (primary N) is 2. The maximum Gasteiger partial charge on any atom is 0.235 e. The monoisotopic (exact) mass is 137 g/mol. The molecule has 8 heavy (non-hydrogen) atoms. The summed E-state index contributed by atoms with van der Waals surface area (Å²) in [5.41, 5.74) is 4.79. The van der Waals surface area contributed by atoms with Crippen molar-refractivity contribution in [3.8, 4) is 0 Å². The lowest BCUT2D eigenvalue weighted by atomic mass is 11.4. The molecule has 0 fully saturated rings. The first kappa shape index (κ1) is 7.22. The van der Waals surface area contributed by atoms with Gasteiger partial charge in [0.15, 0.2) is 0 Å². The standard InChI is InChI=1S/C2H7N3O2S/c1-8(6,7)2(3)5-4/h4H2,1H3,(H2,3,5). The average Bonchev–Trinajstić information content (AvgIpc) is 1.62. The lowest BCUT2D eigenvalue weighted by Crippen LogP contribution is -2.23. The molecule has 0 unspecified atom stereocenters. The van der Waals surface area contributed by atoms with E-state index in [9.17, 15) is 8.42 Å². The van der Waals surface area contributed by atoms with Crippen molar-refractivity contribution < 1.29 is 8.42 Å². The number of hydrogen-bond acceptors (Lipinski definition) is 4. The molecule has 6 heteroatoms. The van der Waals surface area contributed by atoms with Crippen LogP contribution in [0.3, 0.4) is 0 Å². The van der Waals surface area contributed by atoms with Crippen LogP contribution in [-0.4, -0.2) is 19.8 Å². The van der Waals surface area contributed by atoms with Crippen LogP contribution in [0.5, 0.6) is 0 Å². The van der Waals surface area contributed by atoms with E-state index in [1.54, 1.807) is 0 Å². The molecule has 4 N–H and O–H groups in total. The molecule has 0 rings (SSSR count). The molecule has 0 bridgehead atoms. The number of hydrazone groups is 1. The van der Waals surface area contributed by atoms with E-state index < -0.39 is 15.0 Å². The van der Waals surface area contributed by atoms with Crippen LogP contribution in [0.1, 0.15) is 0 Å². The van der Waals surface area contributed by atoms with Gasteiger partial charge in [0.1, 0.15) is 0 Å². The fourth-order valence-electron chi connectivity index (χ4n) is 0.0957. The molecule has 0 aliphatic heterocycles. The lowest BCUT2D eigenvalue weighted by molar-refractivity contribution is 0.612. The molecule has 0 spiro atoms. The Morgan fingerprint density at radius 2 is 2.00 bits per heavy atom. The van der Waals surface area contributed by atoms with Crippen LogP contribution >= 0.6 is 0 Å². The fraction of sp³-hybridized carbons (Fsp3) is 0.500. The third-order valence-corrected chi connectivity index (χ3v) is 1.37. The average molecular weight is 137 g/mol. The first-order valence-electron chi connectivity index (χ1n) is 1.72. The molecule has 0 atom stereocenters. The zero-order valence-corrected chi connectivity index (χ0v) is 5.14. The van der Waals surface area contributed by atoms with Gasteiger partial charge < -0.3 is 11.6 Å². The van der Waals surface area contributed by atoms with Crippen molar-refractivity contribution in [3.05, 3.63) is 0 Å². The van der Waals surface area contributed by atoms with Gasteiger partial charge in [-0.1, -0.05) is 0 Å². The Kier molecular flexibility index (Phi) is 1.80. The highest BCUT2D eigenvalue weighted by Crippen LogP contribution is 1.77. The highest BCUT2D eigenvalue weighted by atomic mass is 32.2. The Morgan fingerprint density at radius 1 is 1.62 bits per heavy atom. The van der Waals surface area contributed by atoms with Crippen LogP contribution in [0.2, 0.25) is 0 Å². The Hall–Kier alpha value is -0.780. The second-order valence-electron chi connectivity index (χ2n) is 1.24. The summed E-state index contributed by atoms with van der Waals surface area (Å²) in [4.78, 5) is 0. The van der Waals surface area contributed by atoms with E-state index in [0.717, 1.165) is 6.26 Å². The van der Waals surface area contributed by atoms with E-state index in [2.05, 4.69) is 10.9 Å². The second kappa shape index (κ2) is 1.99. The quantitative estimate of drug-likeness (QED) is 0.178. The van der Waals surface area contributed by atoms with Gasteiger partial charge in [0.05, 0.1) is 0 Å². The van der Waals surface area contributed by atoms with Crippen molar-refractivity contribution in [2.75, 3.05) is 6.26 Å². The minimum Gasteiger partial charge on any atom is -0.373 e. The van der Waals surface area contributed by atoms with E-state index in [1.165, 1.54) is 0 Å². The summed E-state index contributed by atoms with van der Waals surface area (Å²) in [6.07, 6.45) is 0.929. The van der Waals surface area contributed by atoms with Crippen LogP contribution in [0.25, 0.3) is 0 Å². The highest BCUT2D eigenvalue weighted by molar-refractivity contribution is 8.05. The molecule has 0 aromatic heterocycles. The Labute approximate surface area is 47.3 Å². The summed E-state index contributed by atoms with van der Waals surface area (Å²) >= 11 is 0. The Bertz CT molecular complexity index is 191. The van der Waals surface area contributed by atoms with Crippen molar-refractivity contribution in [1.29, 1.82) is 0 Å². The van der Waals surface area contributed by atoms with E-state index in [1.807, 2.05) is 0 Å². The van der Waals surface area contributed by atoms with Crippen LogP contribution in [-0.2, 0) is 9.84 Å². The van der Waals surface area contributed by atoms with Gasteiger partial charge in [-0.15, -0.1) is 0 Å². The molecule has 0 aliphatic rings. The van der Waals surface area contributed by atoms with Gasteiger partial charge in [0, 0.05) is 6.26 Å². The summed E-state index contributed by atoms with van der Waals surface area (Å²) in [5.74, 6) is 4.54. The van der Waals surface area contributed by atoms with E-state index >= 15 is 0 Å². The predicted molar refractivity (Wildman–Crippen MR) is 30.7 cm³/mol. The summed E-state index contributed by atoms with van der Waals surface area (Å²) in [7, 11) is -3.35. The minimum atomic E-state index is -3.35. The Balaban J connectivity index is 4.55. The third-order valence-electron chi connectivity index (χ3n) is 0.507. The van der Waals surface area contributed by atoms with E-state index in [0.29, 0.717) is 0 Å². The van der Waals surface area contributed by atoms with Crippen molar-refractivity contribution >= 4 is 15.0 Å². The highest BCUT2D eigenvalue weighted by Gasteiger charge is 2.05. The first-order valence-corrected chi connectivity index (χ1v) is 3.61.